The van der Waals surface area contributed by atoms with Crippen LogP contribution >= 0.6 is 0 Å². The zero-order valence-electron chi connectivity index (χ0n) is 16.3. The van der Waals surface area contributed by atoms with Crippen molar-refractivity contribution in [3.8, 4) is 5.75 Å². The molecule has 3 rings (SSSR count). The summed E-state index contributed by atoms with van der Waals surface area (Å²) in [6.45, 7) is 3.94. The van der Waals surface area contributed by atoms with Gasteiger partial charge in [-0.15, -0.1) is 0 Å². The van der Waals surface area contributed by atoms with Gasteiger partial charge >= 0.3 is 12.2 Å². The van der Waals surface area contributed by atoms with Crippen LogP contribution in [0.4, 0.5) is 18.0 Å². The summed E-state index contributed by atoms with van der Waals surface area (Å²) in [7, 11) is 0. The molecule has 1 aliphatic heterocycles. The Morgan fingerprint density at radius 2 is 1.73 bits per heavy atom. The second-order valence-electron chi connectivity index (χ2n) is 7.05. The number of amides is 2. The lowest BCUT2D eigenvalue weighted by Crippen LogP contribution is -2.72. The second-order valence-corrected chi connectivity index (χ2v) is 7.05. The molecule has 9 heteroatoms. The van der Waals surface area contributed by atoms with E-state index in [1.54, 1.807) is 26.0 Å². The summed E-state index contributed by atoms with van der Waals surface area (Å²) >= 11 is 0. The van der Waals surface area contributed by atoms with E-state index in [1.807, 2.05) is 0 Å². The van der Waals surface area contributed by atoms with Crippen LogP contribution in [0.1, 0.15) is 34.5 Å². The highest BCUT2D eigenvalue weighted by Crippen LogP contribution is 2.44. The predicted octanol–water partition coefficient (Wildman–Crippen LogP) is 3.50. The number of hydrogen-bond donors (Lipinski definition) is 3. The first-order valence-electron chi connectivity index (χ1n) is 9.28. The SMILES string of the molecule is CCOc1ccc(C2NC(=O)NC(O)(C(F)(F)F)C2C(=O)c2ccc(C)cc2)cc1. The van der Waals surface area contributed by atoms with Crippen molar-refractivity contribution in [3.05, 3.63) is 65.2 Å². The molecule has 2 aromatic carbocycles. The van der Waals surface area contributed by atoms with Gasteiger partial charge in [0.2, 0.25) is 5.72 Å². The van der Waals surface area contributed by atoms with Crippen molar-refractivity contribution < 1.29 is 32.6 Å². The van der Waals surface area contributed by atoms with E-state index >= 15 is 0 Å². The molecule has 3 N–H and O–H groups in total. The van der Waals surface area contributed by atoms with E-state index in [1.165, 1.54) is 41.7 Å². The number of aryl methyl sites for hydroxylation is 1. The average molecular weight is 422 g/mol. The third-order valence-corrected chi connectivity index (χ3v) is 4.98. The molecule has 1 fully saturated rings. The quantitative estimate of drug-likeness (QED) is 0.644. The second kappa shape index (κ2) is 7.98. The number of benzene rings is 2. The highest BCUT2D eigenvalue weighted by Gasteiger charge is 2.66. The molecular formula is C21H21F3N2O4. The lowest BCUT2D eigenvalue weighted by molar-refractivity contribution is -0.287. The average Bonchev–Trinajstić information content (AvgIpc) is 2.67. The monoisotopic (exact) mass is 422 g/mol. The van der Waals surface area contributed by atoms with Gasteiger partial charge in [0.15, 0.2) is 5.78 Å². The van der Waals surface area contributed by atoms with Crippen LogP contribution in [-0.4, -0.2) is 35.4 Å². The maximum absolute atomic E-state index is 13.9. The zero-order valence-corrected chi connectivity index (χ0v) is 16.3. The highest BCUT2D eigenvalue weighted by molar-refractivity contribution is 6.00. The summed E-state index contributed by atoms with van der Waals surface area (Å²) in [5.74, 6) is -2.54. The van der Waals surface area contributed by atoms with Crippen LogP contribution < -0.4 is 15.4 Å². The van der Waals surface area contributed by atoms with Crippen LogP contribution in [-0.2, 0) is 0 Å². The van der Waals surface area contributed by atoms with Gasteiger partial charge < -0.3 is 20.5 Å². The van der Waals surface area contributed by atoms with Gasteiger partial charge in [0.1, 0.15) is 11.7 Å². The van der Waals surface area contributed by atoms with E-state index < -0.39 is 35.7 Å². The van der Waals surface area contributed by atoms with Crippen molar-refractivity contribution in [2.45, 2.75) is 31.8 Å². The molecule has 0 bridgehead atoms. The van der Waals surface area contributed by atoms with Gasteiger partial charge in [0.05, 0.1) is 12.6 Å². The Kier molecular flexibility index (Phi) is 5.76. The minimum absolute atomic E-state index is 0.0119. The Bertz CT molecular complexity index is 929. The minimum Gasteiger partial charge on any atom is -0.494 e. The fraction of sp³-hybridized carbons (Fsp3) is 0.333. The molecule has 0 spiro atoms. The molecule has 0 saturated carbocycles. The first-order valence-corrected chi connectivity index (χ1v) is 9.28. The van der Waals surface area contributed by atoms with Crippen LogP contribution in [0.25, 0.3) is 0 Å². The van der Waals surface area contributed by atoms with Crippen molar-refractivity contribution in [1.29, 1.82) is 0 Å². The first kappa shape index (κ1) is 21.6. The van der Waals surface area contributed by atoms with Crippen LogP contribution in [0.15, 0.2) is 48.5 Å². The Morgan fingerprint density at radius 1 is 1.13 bits per heavy atom. The smallest absolute Gasteiger partial charge is 0.437 e. The number of carbonyl (C=O) groups is 2. The van der Waals surface area contributed by atoms with Crippen molar-refractivity contribution in [2.24, 2.45) is 5.92 Å². The van der Waals surface area contributed by atoms with Crippen LogP contribution in [0.2, 0.25) is 0 Å². The van der Waals surface area contributed by atoms with Gasteiger partial charge in [0, 0.05) is 5.56 Å². The predicted molar refractivity (Wildman–Crippen MR) is 102 cm³/mol. The molecule has 1 saturated heterocycles. The Morgan fingerprint density at radius 3 is 2.27 bits per heavy atom. The van der Waals surface area contributed by atoms with E-state index in [4.69, 9.17) is 4.74 Å². The summed E-state index contributed by atoms with van der Waals surface area (Å²) < 4.78 is 47.0. The number of halogens is 3. The number of rotatable bonds is 5. The molecule has 2 aromatic rings. The van der Waals surface area contributed by atoms with Crippen LogP contribution in [0.3, 0.4) is 0 Å². The fourth-order valence-electron chi connectivity index (χ4n) is 3.45. The number of carbonyl (C=O) groups excluding carboxylic acids is 2. The van der Waals surface area contributed by atoms with E-state index in [0.29, 0.717) is 12.4 Å². The van der Waals surface area contributed by atoms with E-state index in [9.17, 15) is 27.9 Å². The molecule has 2 amide bonds. The maximum Gasteiger partial charge on any atom is 0.437 e. The summed E-state index contributed by atoms with van der Waals surface area (Å²) in [5, 5.41) is 14.4. The number of hydrogen-bond acceptors (Lipinski definition) is 4. The molecule has 160 valence electrons. The fourth-order valence-corrected chi connectivity index (χ4v) is 3.45. The standard InChI is InChI=1S/C21H21F3N2O4/c1-3-30-15-10-8-13(9-11-15)17-16(18(27)14-6-4-12(2)5-7-14)20(29,21(22,23)24)26-19(28)25-17/h4-11,16-17,29H,3H2,1-2H3,(H2,25,26,28). The molecule has 3 unspecified atom stereocenters. The molecule has 1 aliphatic rings. The van der Waals surface area contributed by atoms with Crippen molar-refractivity contribution in [3.63, 3.8) is 0 Å². The zero-order chi connectivity index (χ0) is 22.1. The third kappa shape index (κ3) is 3.97. The highest BCUT2D eigenvalue weighted by atomic mass is 19.4. The first-order chi connectivity index (χ1) is 14.1. The molecular weight excluding hydrogens is 401 g/mol. The van der Waals surface area contributed by atoms with Gasteiger partial charge in [-0.25, -0.2) is 4.79 Å². The Labute approximate surface area is 171 Å². The van der Waals surface area contributed by atoms with Gasteiger partial charge in [-0.05, 0) is 31.5 Å². The van der Waals surface area contributed by atoms with Gasteiger partial charge in [-0.3, -0.25) is 4.79 Å². The van der Waals surface area contributed by atoms with Gasteiger partial charge in [-0.1, -0.05) is 42.0 Å². The van der Waals surface area contributed by atoms with Crippen molar-refractivity contribution in [2.75, 3.05) is 6.61 Å². The number of Topliss-reactive ketones (excluding diaryl/α,β-unsaturated/α-hetero) is 1. The Balaban J connectivity index is 2.10. The summed E-state index contributed by atoms with van der Waals surface area (Å²) in [5.41, 5.74) is -2.72. The summed E-state index contributed by atoms with van der Waals surface area (Å²) in [6, 6.07) is 9.24. The van der Waals surface area contributed by atoms with E-state index in [2.05, 4.69) is 5.32 Å². The lowest BCUT2D eigenvalue weighted by atomic mass is 9.77. The van der Waals surface area contributed by atoms with Gasteiger partial charge in [0.25, 0.3) is 0 Å². The topological polar surface area (TPSA) is 87.7 Å². The largest absolute Gasteiger partial charge is 0.494 e. The van der Waals surface area contributed by atoms with Crippen LogP contribution in [0.5, 0.6) is 5.75 Å². The number of alkyl halides is 3. The number of nitrogens with one attached hydrogen (secondary N) is 2. The molecule has 0 radical (unpaired) electrons. The van der Waals surface area contributed by atoms with Gasteiger partial charge in [-0.2, -0.15) is 13.2 Å². The minimum atomic E-state index is -5.29. The Hall–Kier alpha value is -3.07. The molecule has 0 aliphatic carbocycles. The van der Waals surface area contributed by atoms with Crippen LogP contribution in [0, 0.1) is 12.8 Å². The molecule has 6 nitrogen and oxygen atoms in total. The maximum atomic E-state index is 13.9. The van der Waals surface area contributed by atoms with E-state index in [-0.39, 0.29) is 11.1 Å². The lowest BCUT2D eigenvalue weighted by Gasteiger charge is -2.45. The molecule has 3 atom stereocenters. The molecule has 30 heavy (non-hydrogen) atoms. The normalized spacial score (nSPS) is 24.0. The van der Waals surface area contributed by atoms with Crippen molar-refractivity contribution in [1.82, 2.24) is 10.6 Å². The number of aliphatic hydroxyl groups is 1. The van der Waals surface area contributed by atoms with E-state index in [0.717, 1.165) is 5.56 Å². The molecule has 1 heterocycles. The third-order valence-electron chi connectivity index (χ3n) is 4.98. The number of ether oxygens (including phenoxy) is 1. The summed E-state index contributed by atoms with van der Waals surface area (Å²) in [4.78, 5) is 25.2. The summed E-state index contributed by atoms with van der Waals surface area (Å²) in [6.07, 6.45) is -5.29. The number of ketones is 1. The number of urea groups is 1. The molecule has 0 aromatic heterocycles. The van der Waals surface area contributed by atoms with Crippen molar-refractivity contribution >= 4 is 11.8 Å².